The van der Waals surface area contributed by atoms with Gasteiger partial charge in [0, 0.05) is 30.1 Å². The molecule has 1 aliphatic heterocycles. The molecule has 0 aliphatic carbocycles. The summed E-state index contributed by atoms with van der Waals surface area (Å²) in [4.78, 5) is 15.0. The number of ether oxygens (including phenoxy) is 1. The second-order valence-corrected chi connectivity index (χ2v) is 7.58. The summed E-state index contributed by atoms with van der Waals surface area (Å²) in [5.41, 5.74) is 1.18. The Kier molecular flexibility index (Phi) is 6.16. The normalized spacial score (nSPS) is 16.9. The fraction of sp³-hybridized carbons (Fsp3) is 0.350. The Morgan fingerprint density at radius 3 is 2.42 bits per heavy atom. The molecule has 1 heterocycles. The molecule has 0 radical (unpaired) electrons. The molecule has 0 aromatic heterocycles. The molecule has 2 aromatic carbocycles. The second kappa shape index (κ2) is 8.56. The summed E-state index contributed by atoms with van der Waals surface area (Å²) < 4.78 is 6.86. The van der Waals surface area contributed by atoms with Crippen molar-refractivity contribution in [3.8, 4) is 11.5 Å². The quantitative estimate of drug-likeness (QED) is 0.730. The molecule has 1 amide bonds. The van der Waals surface area contributed by atoms with Gasteiger partial charge in [-0.25, -0.2) is 4.79 Å². The van der Waals surface area contributed by atoms with Crippen LogP contribution in [0, 0.1) is 0 Å². The fourth-order valence-electron chi connectivity index (χ4n) is 3.31. The Labute approximate surface area is 162 Å². The highest BCUT2D eigenvalue weighted by Gasteiger charge is 2.29. The SMILES string of the molecule is CN(Cc1ccc(Oc2ccc(Br)cc2)cc1)C[C@H]1CCCN1C(=O)O. The van der Waals surface area contributed by atoms with E-state index >= 15 is 0 Å². The number of nitrogens with zero attached hydrogens (tertiary/aromatic N) is 2. The topological polar surface area (TPSA) is 53.0 Å². The molecule has 1 fully saturated rings. The van der Waals surface area contributed by atoms with E-state index in [-0.39, 0.29) is 6.04 Å². The molecule has 6 heteroatoms. The molecule has 1 saturated heterocycles. The van der Waals surface area contributed by atoms with Crippen molar-refractivity contribution in [2.24, 2.45) is 0 Å². The number of rotatable bonds is 6. The summed E-state index contributed by atoms with van der Waals surface area (Å²) in [7, 11) is 2.03. The van der Waals surface area contributed by atoms with Gasteiger partial charge in [0.15, 0.2) is 0 Å². The summed E-state index contributed by atoms with van der Waals surface area (Å²) in [5, 5.41) is 9.24. The lowest BCUT2D eigenvalue weighted by Crippen LogP contribution is -2.41. The molecule has 1 aliphatic rings. The molecule has 138 valence electrons. The Morgan fingerprint density at radius 1 is 1.19 bits per heavy atom. The monoisotopic (exact) mass is 418 g/mol. The highest BCUT2D eigenvalue weighted by atomic mass is 79.9. The van der Waals surface area contributed by atoms with Gasteiger partial charge in [0.05, 0.1) is 0 Å². The molecule has 3 rings (SSSR count). The third kappa shape index (κ3) is 4.99. The van der Waals surface area contributed by atoms with Crippen LogP contribution in [0.3, 0.4) is 0 Å². The average Bonchev–Trinajstić information content (AvgIpc) is 3.07. The molecular weight excluding hydrogens is 396 g/mol. The van der Waals surface area contributed by atoms with E-state index < -0.39 is 6.09 Å². The maximum absolute atomic E-state index is 11.2. The lowest BCUT2D eigenvalue weighted by atomic mass is 10.1. The number of likely N-dealkylation sites (N-methyl/N-ethyl adjacent to an activating group) is 1. The second-order valence-electron chi connectivity index (χ2n) is 6.67. The van der Waals surface area contributed by atoms with Crippen LogP contribution in [0.1, 0.15) is 18.4 Å². The Balaban J connectivity index is 1.53. The number of carboxylic acid groups (broad SMARTS) is 1. The third-order valence-corrected chi connectivity index (χ3v) is 5.10. The number of benzene rings is 2. The molecular formula is C20H23BrN2O3. The highest BCUT2D eigenvalue weighted by Crippen LogP contribution is 2.24. The number of carbonyl (C=O) groups is 1. The molecule has 0 bridgehead atoms. The number of halogens is 1. The molecule has 5 nitrogen and oxygen atoms in total. The molecule has 0 spiro atoms. The van der Waals surface area contributed by atoms with Crippen LogP contribution in [0.15, 0.2) is 53.0 Å². The Bertz CT molecular complexity index is 734. The highest BCUT2D eigenvalue weighted by molar-refractivity contribution is 9.10. The van der Waals surface area contributed by atoms with E-state index in [9.17, 15) is 9.90 Å². The van der Waals surface area contributed by atoms with Crippen LogP contribution in [0.5, 0.6) is 11.5 Å². The summed E-state index contributed by atoms with van der Waals surface area (Å²) >= 11 is 3.41. The lowest BCUT2D eigenvalue weighted by Gasteiger charge is -2.26. The van der Waals surface area contributed by atoms with E-state index in [1.807, 2.05) is 55.6 Å². The summed E-state index contributed by atoms with van der Waals surface area (Å²) in [6, 6.07) is 15.8. The van der Waals surface area contributed by atoms with Crippen molar-refractivity contribution < 1.29 is 14.6 Å². The Morgan fingerprint density at radius 2 is 1.81 bits per heavy atom. The Hall–Kier alpha value is -2.05. The van der Waals surface area contributed by atoms with Gasteiger partial charge in [0.1, 0.15) is 11.5 Å². The maximum Gasteiger partial charge on any atom is 0.407 e. The van der Waals surface area contributed by atoms with Crippen molar-refractivity contribution in [1.82, 2.24) is 9.80 Å². The number of likely N-dealkylation sites (tertiary alicyclic amines) is 1. The van der Waals surface area contributed by atoms with Crippen molar-refractivity contribution in [3.63, 3.8) is 0 Å². The third-order valence-electron chi connectivity index (χ3n) is 4.57. The van der Waals surface area contributed by atoms with Crippen LogP contribution in [0.25, 0.3) is 0 Å². The first kappa shape index (κ1) is 18.7. The predicted octanol–water partition coefficient (Wildman–Crippen LogP) is 4.82. The van der Waals surface area contributed by atoms with Gasteiger partial charge in [-0.3, -0.25) is 0 Å². The van der Waals surface area contributed by atoms with Gasteiger partial charge in [-0.15, -0.1) is 0 Å². The van der Waals surface area contributed by atoms with E-state index in [1.165, 1.54) is 5.56 Å². The van der Waals surface area contributed by atoms with Crippen molar-refractivity contribution in [1.29, 1.82) is 0 Å². The van der Waals surface area contributed by atoms with Crippen molar-refractivity contribution in [2.45, 2.75) is 25.4 Å². The summed E-state index contributed by atoms with van der Waals surface area (Å²) in [6.45, 7) is 2.18. The number of amides is 1. The van der Waals surface area contributed by atoms with Crippen LogP contribution in [0.4, 0.5) is 4.79 Å². The predicted molar refractivity (Wildman–Crippen MR) is 105 cm³/mol. The van der Waals surface area contributed by atoms with E-state index in [1.54, 1.807) is 4.90 Å². The van der Waals surface area contributed by atoms with Gasteiger partial charge >= 0.3 is 6.09 Å². The number of hydrogen-bond acceptors (Lipinski definition) is 3. The minimum absolute atomic E-state index is 0.0949. The zero-order valence-corrected chi connectivity index (χ0v) is 16.4. The van der Waals surface area contributed by atoms with Crippen molar-refractivity contribution in [2.75, 3.05) is 20.1 Å². The molecule has 1 atom stereocenters. The standard InChI is InChI=1S/C20H23BrN2O3/c1-22(14-17-3-2-12-23(17)20(24)25)13-15-4-8-18(9-5-15)26-19-10-6-16(21)7-11-19/h4-11,17H,2-3,12-14H2,1H3,(H,24,25)/t17-/m1/s1. The largest absolute Gasteiger partial charge is 0.465 e. The lowest BCUT2D eigenvalue weighted by molar-refractivity contribution is 0.128. The van der Waals surface area contributed by atoms with Gasteiger partial charge in [0.25, 0.3) is 0 Å². The van der Waals surface area contributed by atoms with E-state index in [0.717, 1.165) is 41.9 Å². The van der Waals surface area contributed by atoms with Crippen molar-refractivity contribution in [3.05, 3.63) is 58.6 Å². The minimum atomic E-state index is -0.810. The van der Waals surface area contributed by atoms with Gasteiger partial charge < -0.3 is 19.6 Å². The van der Waals surface area contributed by atoms with Gasteiger partial charge in [-0.1, -0.05) is 28.1 Å². The molecule has 2 aromatic rings. The van der Waals surface area contributed by atoms with E-state index in [2.05, 4.69) is 20.8 Å². The van der Waals surface area contributed by atoms with Gasteiger partial charge in [-0.05, 0) is 61.9 Å². The molecule has 26 heavy (non-hydrogen) atoms. The minimum Gasteiger partial charge on any atom is -0.465 e. The van der Waals surface area contributed by atoms with Crippen LogP contribution < -0.4 is 4.74 Å². The number of hydrogen-bond donors (Lipinski definition) is 1. The van der Waals surface area contributed by atoms with Crippen LogP contribution in [0.2, 0.25) is 0 Å². The molecule has 1 N–H and O–H groups in total. The zero-order chi connectivity index (χ0) is 18.5. The van der Waals surface area contributed by atoms with Crippen LogP contribution in [-0.4, -0.2) is 47.2 Å². The first-order chi connectivity index (χ1) is 12.5. The average molecular weight is 419 g/mol. The van der Waals surface area contributed by atoms with Crippen LogP contribution in [-0.2, 0) is 6.54 Å². The molecule has 0 saturated carbocycles. The molecule has 0 unspecified atom stereocenters. The van der Waals surface area contributed by atoms with Crippen LogP contribution >= 0.6 is 15.9 Å². The van der Waals surface area contributed by atoms with E-state index in [0.29, 0.717) is 6.54 Å². The first-order valence-corrected chi connectivity index (χ1v) is 9.51. The fourth-order valence-corrected chi connectivity index (χ4v) is 3.58. The van der Waals surface area contributed by atoms with Gasteiger partial charge in [-0.2, -0.15) is 0 Å². The zero-order valence-electron chi connectivity index (χ0n) is 14.8. The smallest absolute Gasteiger partial charge is 0.407 e. The van der Waals surface area contributed by atoms with Gasteiger partial charge in [0.2, 0.25) is 0 Å². The van der Waals surface area contributed by atoms with Crippen molar-refractivity contribution >= 4 is 22.0 Å². The summed E-state index contributed by atoms with van der Waals surface area (Å²) in [6.07, 6.45) is 1.08. The van der Waals surface area contributed by atoms with E-state index in [4.69, 9.17) is 4.74 Å². The summed E-state index contributed by atoms with van der Waals surface area (Å²) in [5.74, 6) is 1.60. The maximum atomic E-state index is 11.2. The first-order valence-electron chi connectivity index (χ1n) is 8.72.